The predicted octanol–water partition coefficient (Wildman–Crippen LogP) is 0.914. The smallest absolute Gasteiger partial charge is 0.341 e. The Morgan fingerprint density at radius 1 is 1.61 bits per heavy atom. The lowest BCUT2D eigenvalue weighted by atomic mass is 10.2. The van der Waals surface area contributed by atoms with E-state index in [0.717, 1.165) is 11.3 Å². The van der Waals surface area contributed by atoms with Crippen LogP contribution in [-0.2, 0) is 17.3 Å². The molecule has 0 unspecified atom stereocenters. The molecule has 0 saturated carbocycles. The third kappa shape index (κ3) is 1.97. The number of pyridine rings is 1. The molecule has 96 valence electrons. The highest BCUT2D eigenvalue weighted by atomic mass is 32.2. The van der Waals surface area contributed by atoms with E-state index >= 15 is 0 Å². The van der Waals surface area contributed by atoms with Gasteiger partial charge in [-0.05, 0) is 6.92 Å². The summed E-state index contributed by atoms with van der Waals surface area (Å²) in [5.74, 6) is -1.28. The highest BCUT2D eigenvalue weighted by Gasteiger charge is 2.18. The van der Waals surface area contributed by atoms with Gasteiger partial charge >= 0.3 is 5.97 Å². The number of carboxylic acid groups (broad SMARTS) is 1. The van der Waals surface area contributed by atoms with E-state index in [1.807, 2.05) is 6.92 Å². The van der Waals surface area contributed by atoms with Gasteiger partial charge in [0, 0.05) is 19.0 Å². The molecule has 8 heteroatoms. The number of aryl methyl sites for hydroxylation is 1. The van der Waals surface area contributed by atoms with Crippen LogP contribution in [0.15, 0.2) is 15.3 Å². The molecule has 0 fully saturated rings. The van der Waals surface area contributed by atoms with Crippen LogP contribution in [0.4, 0.5) is 0 Å². The summed E-state index contributed by atoms with van der Waals surface area (Å²) in [7, 11) is -1.29. The first-order valence-electron chi connectivity index (χ1n) is 5.06. The molecule has 0 aliphatic heterocycles. The average Bonchev–Trinajstić information content (AvgIpc) is 2.74. The van der Waals surface area contributed by atoms with Crippen molar-refractivity contribution < 1.29 is 14.1 Å². The molecule has 2 aromatic heterocycles. The average molecular weight is 286 g/mol. The van der Waals surface area contributed by atoms with Crippen molar-refractivity contribution in [1.82, 2.24) is 9.55 Å². The first-order chi connectivity index (χ1) is 8.45. The van der Waals surface area contributed by atoms with Crippen molar-refractivity contribution in [3.05, 3.63) is 22.0 Å². The van der Waals surface area contributed by atoms with Gasteiger partial charge in [0.1, 0.15) is 15.9 Å². The van der Waals surface area contributed by atoms with Gasteiger partial charge in [-0.3, -0.25) is 9.00 Å². The molecule has 2 rings (SSSR count). The summed E-state index contributed by atoms with van der Waals surface area (Å²) in [4.78, 5) is 27.4. The number of fused-ring (bicyclic) bond motifs is 1. The Hall–Kier alpha value is -1.54. The third-order valence-corrected chi connectivity index (χ3v) is 4.84. The van der Waals surface area contributed by atoms with E-state index in [-0.39, 0.29) is 11.1 Å². The second kappa shape index (κ2) is 4.62. The molecule has 0 spiro atoms. The van der Waals surface area contributed by atoms with Gasteiger partial charge in [-0.15, -0.1) is 0 Å². The lowest BCUT2D eigenvalue weighted by Gasteiger charge is -2.04. The van der Waals surface area contributed by atoms with Crippen molar-refractivity contribution in [2.45, 2.75) is 17.8 Å². The van der Waals surface area contributed by atoms with Crippen molar-refractivity contribution in [3.63, 3.8) is 0 Å². The Kier molecular flexibility index (Phi) is 3.31. The highest BCUT2D eigenvalue weighted by molar-refractivity contribution is 7.86. The van der Waals surface area contributed by atoms with Crippen molar-refractivity contribution in [2.24, 2.45) is 0 Å². The molecule has 0 amide bonds. The van der Waals surface area contributed by atoms with Gasteiger partial charge in [-0.2, -0.15) is 0 Å². The number of aromatic carboxylic acids is 1. The van der Waals surface area contributed by atoms with Crippen molar-refractivity contribution in [3.8, 4) is 0 Å². The maximum atomic E-state index is 11.9. The highest BCUT2D eigenvalue weighted by Crippen LogP contribution is 2.22. The van der Waals surface area contributed by atoms with Crippen LogP contribution in [0.1, 0.15) is 17.3 Å². The van der Waals surface area contributed by atoms with E-state index in [2.05, 4.69) is 4.98 Å². The van der Waals surface area contributed by atoms with Crippen LogP contribution in [0.5, 0.6) is 0 Å². The van der Waals surface area contributed by atoms with Gasteiger partial charge < -0.3 is 9.67 Å². The van der Waals surface area contributed by atoms with Crippen LogP contribution < -0.4 is 5.43 Å². The number of hydrogen-bond donors (Lipinski definition) is 1. The van der Waals surface area contributed by atoms with E-state index in [1.54, 1.807) is 4.57 Å². The summed E-state index contributed by atoms with van der Waals surface area (Å²) in [6, 6.07) is 0. The van der Waals surface area contributed by atoms with Crippen LogP contribution in [0, 0.1) is 0 Å². The standard InChI is InChI=1S/C10H10N2O4S2/c1-3-12-4-5(9(14)15)7(13)6-8(12)17-10(11-6)18(2)16/h4H,3H2,1-2H3,(H,14,15)/t18-/m1/s1. The monoisotopic (exact) mass is 286 g/mol. The SMILES string of the molecule is CCn1cc(C(=O)O)c(=O)c2nc([S@@](C)=O)sc21. The molecule has 1 atom stereocenters. The summed E-state index contributed by atoms with van der Waals surface area (Å²) >= 11 is 1.15. The van der Waals surface area contributed by atoms with Crippen molar-refractivity contribution >= 4 is 38.5 Å². The van der Waals surface area contributed by atoms with Gasteiger partial charge in [0.2, 0.25) is 5.43 Å². The molecule has 2 heterocycles. The number of thiazole rings is 1. The number of carboxylic acids is 1. The zero-order valence-corrected chi connectivity index (χ0v) is 11.3. The first-order valence-corrected chi connectivity index (χ1v) is 7.43. The minimum Gasteiger partial charge on any atom is -0.477 e. The Bertz CT molecular complexity index is 716. The fourth-order valence-electron chi connectivity index (χ4n) is 1.55. The number of aromatic nitrogens is 2. The van der Waals surface area contributed by atoms with Crippen molar-refractivity contribution in [1.29, 1.82) is 0 Å². The third-order valence-electron chi connectivity index (χ3n) is 2.41. The number of rotatable bonds is 3. The minimum absolute atomic E-state index is 0.0759. The van der Waals surface area contributed by atoms with Crippen molar-refractivity contribution in [2.75, 3.05) is 6.26 Å². The van der Waals surface area contributed by atoms with E-state index in [9.17, 15) is 13.8 Å². The van der Waals surface area contributed by atoms with Crippen LogP contribution in [0.3, 0.4) is 0 Å². The molecule has 6 nitrogen and oxygen atoms in total. The topological polar surface area (TPSA) is 89.3 Å². The Morgan fingerprint density at radius 3 is 2.78 bits per heavy atom. The largest absolute Gasteiger partial charge is 0.477 e. The van der Waals surface area contributed by atoms with E-state index < -0.39 is 22.2 Å². The summed E-state index contributed by atoms with van der Waals surface area (Å²) in [6.07, 6.45) is 2.77. The maximum Gasteiger partial charge on any atom is 0.341 e. The number of carbonyl (C=O) groups is 1. The molecular formula is C10H10N2O4S2. The molecule has 0 aliphatic carbocycles. The Morgan fingerprint density at radius 2 is 2.28 bits per heavy atom. The molecular weight excluding hydrogens is 276 g/mol. The quantitative estimate of drug-likeness (QED) is 0.906. The second-order valence-electron chi connectivity index (χ2n) is 3.55. The fraction of sp³-hybridized carbons (Fsp3) is 0.300. The molecule has 1 N–H and O–H groups in total. The Balaban J connectivity index is 2.90. The molecule has 0 aliphatic rings. The zero-order chi connectivity index (χ0) is 13.4. The van der Waals surface area contributed by atoms with Gasteiger partial charge in [0.25, 0.3) is 0 Å². The summed E-state index contributed by atoms with van der Waals surface area (Å²) in [5.41, 5.74) is -0.870. The first kappa shape index (κ1) is 12.9. The molecule has 2 aromatic rings. The molecule has 0 aromatic carbocycles. The second-order valence-corrected chi connectivity index (χ2v) is 6.08. The van der Waals surface area contributed by atoms with Gasteiger partial charge in [0.15, 0.2) is 4.34 Å². The van der Waals surface area contributed by atoms with E-state index in [1.165, 1.54) is 12.5 Å². The molecule has 0 saturated heterocycles. The van der Waals surface area contributed by atoms with Crippen LogP contribution in [0.25, 0.3) is 10.3 Å². The van der Waals surface area contributed by atoms with Crippen LogP contribution in [-0.4, -0.2) is 31.1 Å². The number of nitrogens with zero attached hydrogens (tertiary/aromatic N) is 2. The van der Waals surface area contributed by atoms with Crippen LogP contribution >= 0.6 is 11.3 Å². The summed E-state index contributed by atoms with van der Waals surface area (Å²) < 4.78 is 13.3. The summed E-state index contributed by atoms with van der Waals surface area (Å²) in [6.45, 7) is 2.34. The van der Waals surface area contributed by atoms with E-state index in [0.29, 0.717) is 15.7 Å². The lowest BCUT2D eigenvalue weighted by molar-refractivity contribution is 0.0695. The predicted molar refractivity (Wildman–Crippen MR) is 68.8 cm³/mol. The summed E-state index contributed by atoms with van der Waals surface area (Å²) in [5, 5.41) is 8.96. The normalized spacial score (nSPS) is 12.8. The minimum atomic E-state index is -1.29. The van der Waals surface area contributed by atoms with E-state index in [4.69, 9.17) is 5.11 Å². The van der Waals surface area contributed by atoms with Gasteiger partial charge in [-0.1, -0.05) is 11.3 Å². The van der Waals surface area contributed by atoms with Crippen LogP contribution in [0.2, 0.25) is 0 Å². The van der Waals surface area contributed by atoms with Gasteiger partial charge in [0.05, 0.1) is 10.8 Å². The lowest BCUT2D eigenvalue weighted by Crippen LogP contribution is -2.18. The molecule has 0 bridgehead atoms. The molecule has 0 radical (unpaired) electrons. The maximum absolute atomic E-state index is 11.9. The zero-order valence-electron chi connectivity index (χ0n) is 9.67. The number of hydrogen-bond acceptors (Lipinski definition) is 5. The molecule has 18 heavy (non-hydrogen) atoms. The fourth-order valence-corrected chi connectivity index (χ4v) is 3.31. The Labute approximate surface area is 108 Å². The van der Waals surface area contributed by atoms with Gasteiger partial charge in [-0.25, -0.2) is 9.78 Å².